The maximum atomic E-state index is 12.7. The minimum Gasteiger partial charge on any atom is -0.293 e. The first-order valence-electron chi connectivity index (χ1n) is 8.64. The molecule has 9 heteroatoms. The number of nitrogens with zero attached hydrogens (tertiary/aromatic N) is 6. The third kappa shape index (κ3) is 4.23. The highest BCUT2D eigenvalue weighted by molar-refractivity contribution is 7.89. The predicted molar refractivity (Wildman–Crippen MR) is 93.2 cm³/mol. The van der Waals surface area contributed by atoms with Gasteiger partial charge in [-0.15, -0.1) is 5.10 Å². The summed E-state index contributed by atoms with van der Waals surface area (Å²) in [6.45, 7) is 5.91. The van der Waals surface area contributed by atoms with Gasteiger partial charge < -0.3 is 0 Å². The number of tetrazole rings is 1. The highest BCUT2D eigenvalue weighted by atomic mass is 32.2. The second-order valence-electron chi connectivity index (χ2n) is 6.17. The van der Waals surface area contributed by atoms with Crippen LogP contribution in [0.4, 0.5) is 0 Å². The van der Waals surface area contributed by atoms with Crippen molar-refractivity contribution < 1.29 is 8.42 Å². The van der Waals surface area contributed by atoms with Crippen LogP contribution < -0.4 is 0 Å². The molecular formula is C16H24N6O2S. The summed E-state index contributed by atoms with van der Waals surface area (Å²) in [4.78, 5) is 2.55. The number of aryl methyl sites for hydroxylation is 1. The van der Waals surface area contributed by atoms with Crippen molar-refractivity contribution in [3.05, 3.63) is 36.2 Å². The van der Waals surface area contributed by atoms with Crippen LogP contribution in [-0.2, 0) is 23.1 Å². The molecule has 136 valence electrons. The Hall–Kier alpha value is -1.84. The number of hydrogen-bond acceptors (Lipinski definition) is 6. The van der Waals surface area contributed by atoms with Crippen molar-refractivity contribution in [2.45, 2.75) is 37.8 Å². The van der Waals surface area contributed by atoms with Crippen LogP contribution in [-0.4, -0.2) is 64.0 Å². The molecule has 0 bridgehead atoms. The number of sulfonamides is 1. The summed E-state index contributed by atoms with van der Waals surface area (Å²) in [7, 11) is -3.41. The van der Waals surface area contributed by atoms with E-state index in [0.29, 0.717) is 37.6 Å². The molecule has 1 saturated heterocycles. The molecule has 3 rings (SSSR count). The van der Waals surface area contributed by atoms with Gasteiger partial charge in [0.25, 0.3) is 0 Å². The Morgan fingerprint density at radius 3 is 2.48 bits per heavy atom. The van der Waals surface area contributed by atoms with Gasteiger partial charge in [0.05, 0.1) is 11.4 Å². The highest BCUT2D eigenvalue weighted by Crippen LogP contribution is 2.17. The van der Waals surface area contributed by atoms with E-state index < -0.39 is 10.0 Å². The number of aromatic nitrogens is 4. The molecular weight excluding hydrogens is 340 g/mol. The minimum atomic E-state index is -3.41. The van der Waals surface area contributed by atoms with Gasteiger partial charge in [0, 0.05) is 32.7 Å². The Kier molecular flexibility index (Phi) is 5.77. The van der Waals surface area contributed by atoms with Gasteiger partial charge in [0.1, 0.15) is 0 Å². The zero-order valence-electron chi connectivity index (χ0n) is 14.5. The van der Waals surface area contributed by atoms with Gasteiger partial charge >= 0.3 is 0 Å². The average Bonchev–Trinajstić information content (AvgIpc) is 3.08. The van der Waals surface area contributed by atoms with Crippen molar-refractivity contribution in [3.8, 4) is 0 Å². The number of unbranched alkanes of at least 4 members (excludes halogenated alkanes) is 1. The highest BCUT2D eigenvalue weighted by Gasteiger charge is 2.28. The summed E-state index contributed by atoms with van der Waals surface area (Å²) in [5.74, 6) is 0.841. The van der Waals surface area contributed by atoms with Crippen LogP contribution in [0.25, 0.3) is 0 Å². The van der Waals surface area contributed by atoms with Crippen LogP contribution in [0.5, 0.6) is 0 Å². The number of hydrogen-bond donors (Lipinski definition) is 0. The second kappa shape index (κ2) is 8.03. The van der Waals surface area contributed by atoms with E-state index in [0.717, 1.165) is 25.2 Å². The Bertz CT molecular complexity index is 769. The van der Waals surface area contributed by atoms with E-state index in [1.165, 1.54) is 0 Å². The van der Waals surface area contributed by atoms with Gasteiger partial charge in [-0.2, -0.15) is 4.31 Å². The van der Waals surface area contributed by atoms with Gasteiger partial charge in [0.15, 0.2) is 5.82 Å². The molecule has 2 heterocycles. The fraction of sp³-hybridized carbons (Fsp3) is 0.562. The fourth-order valence-corrected chi connectivity index (χ4v) is 4.33. The van der Waals surface area contributed by atoms with Crippen LogP contribution in [0.15, 0.2) is 35.2 Å². The Morgan fingerprint density at radius 1 is 1.08 bits per heavy atom. The molecule has 0 amide bonds. The third-order valence-electron chi connectivity index (χ3n) is 4.41. The molecule has 1 aliphatic heterocycles. The maximum Gasteiger partial charge on any atom is 0.243 e. The topological polar surface area (TPSA) is 84.2 Å². The standard InChI is InChI=1S/C16H24N6O2S/c1-2-3-9-22-16(17-18-19-22)14-20-10-12-21(13-11-20)25(23,24)15-7-5-4-6-8-15/h4-8H,2-3,9-14H2,1H3. The molecule has 0 aliphatic carbocycles. The summed E-state index contributed by atoms with van der Waals surface area (Å²) in [5, 5.41) is 11.9. The van der Waals surface area contributed by atoms with Crippen molar-refractivity contribution in [2.24, 2.45) is 0 Å². The average molecular weight is 364 g/mol. The lowest BCUT2D eigenvalue weighted by molar-refractivity contribution is 0.175. The zero-order valence-corrected chi connectivity index (χ0v) is 15.3. The Labute approximate surface area is 148 Å². The van der Waals surface area contributed by atoms with E-state index in [-0.39, 0.29) is 0 Å². The number of rotatable bonds is 7. The molecule has 0 spiro atoms. The molecule has 0 unspecified atom stereocenters. The molecule has 0 saturated carbocycles. The zero-order chi connectivity index (χ0) is 17.7. The molecule has 0 atom stereocenters. The molecule has 2 aromatic rings. The maximum absolute atomic E-state index is 12.7. The first-order valence-corrected chi connectivity index (χ1v) is 10.1. The lowest BCUT2D eigenvalue weighted by Crippen LogP contribution is -2.48. The first-order chi connectivity index (χ1) is 12.1. The van der Waals surface area contributed by atoms with Crippen molar-refractivity contribution in [1.29, 1.82) is 0 Å². The normalized spacial score (nSPS) is 17.0. The summed E-state index contributed by atoms with van der Waals surface area (Å²) in [5.41, 5.74) is 0. The monoisotopic (exact) mass is 364 g/mol. The summed E-state index contributed by atoms with van der Waals surface area (Å²) in [6, 6.07) is 8.60. The number of piperazine rings is 1. The van der Waals surface area contributed by atoms with Crippen LogP contribution >= 0.6 is 0 Å². The minimum absolute atomic E-state index is 0.354. The quantitative estimate of drug-likeness (QED) is 0.728. The molecule has 8 nitrogen and oxygen atoms in total. The lowest BCUT2D eigenvalue weighted by Gasteiger charge is -2.33. The third-order valence-corrected chi connectivity index (χ3v) is 6.32. The second-order valence-corrected chi connectivity index (χ2v) is 8.10. The SMILES string of the molecule is CCCCn1nnnc1CN1CCN(S(=O)(=O)c2ccccc2)CC1. The van der Waals surface area contributed by atoms with Gasteiger partial charge in [0.2, 0.25) is 10.0 Å². The largest absolute Gasteiger partial charge is 0.293 e. The van der Waals surface area contributed by atoms with E-state index >= 15 is 0 Å². The van der Waals surface area contributed by atoms with Crippen molar-refractivity contribution in [2.75, 3.05) is 26.2 Å². The van der Waals surface area contributed by atoms with E-state index in [9.17, 15) is 8.42 Å². The van der Waals surface area contributed by atoms with Gasteiger partial charge in [-0.1, -0.05) is 31.5 Å². The van der Waals surface area contributed by atoms with Gasteiger partial charge in [-0.3, -0.25) is 4.90 Å². The lowest BCUT2D eigenvalue weighted by atomic mass is 10.3. The van der Waals surface area contributed by atoms with Crippen molar-refractivity contribution >= 4 is 10.0 Å². The van der Waals surface area contributed by atoms with Crippen LogP contribution in [0.2, 0.25) is 0 Å². The van der Waals surface area contributed by atoms with E-state index in [2.05, 4.69) is 27.3 Å². The Balaban J connectivity index is 1.58. The molecule has 1 aromatic carbocycles. The smallest absolute Gasteiger partial charge is 0.243 e. The first kappa shape index (κ1) is 18.0. The van der Waals surface area contributed by atoms with Crippen LogP contribution in [0, 0.1) is 0 Å². The van der Waals surface area contributed by atoms with Crippen molar-refractivity contribution in [1.82, 2.24) is 29.4 Å². The Morgan fingerprint density at radius 2 is 1.80 bits per heavy atom. The van der Waals surface area contributed by atoms with E-state index in [1.54, 1.807) is 28.6 Å². The molecule has 1 aliphatic rings. The molecule has 0 N–H and O–H groups in total. The molecule has 0 radical (unpaired) electrons. The van der Waals surface area contributed by atoms with Gasteiger partial charge in [-0.25, -0.2) is 13.1 Å². The van der Waals surface area contributed by atoms with E-state index in [1.807, 2.05) is 10.7 Å². The fourth-order valence-electron chi connectivity index (χ4n) is 2.89. The summed E-state index contributed by atoms with van der Waals surface area (Å²) >= 11 is 0. The predicted octanol–water partition coefficient (Wildman–Crippen LogP) is 0.980. The van der Waals surface area contributed by atoms with Crippen LogP contribution in [0.3, 0.4) is 0 Å². The van der Waals surface area contributed by atoms with E-state index in [4.69, 9.17) is 0 Å². The van der Waals surface area contributed by atoms with Crippen LogP contribution in [0.1, 0.15) is 25.6 Å². The molecule has 25 heavy (non-hydrogen) atoms. The van der Waals surface area contributed by atoms with Crippen molar-refractivity contribution in [3.63, 3.8) is 0 Å². The summed E-state index contributed by atoms with van der Waals surface area (Å²) in [6.07, 6.45) is 2.14. The molecule has 1 fully saturated rings. The number of benzene rings is 1. The molecule has 1 aromatic heterocycles. The van der Waals surface area contributed by atoms with Gasteiger partial charge in [-0.05, 0) is 29.0 Å². The summed E-state index contributed by atoms with van der Waals surface area (Å²) < 4.78 is 28.7.